The van der Waals surface area contributed by atoms with Crippen molar-refractivity contribution >= 4 is 17.6 Å². The summed E-state index contributed by atoms with van der Waals surface area (Å²) >= 11 is 1.69. The number of aromatic nitrogens is 2. The average molecular weight is 286 g/mol. The van der Waals surface area contributed by atoms with E-state index in [2.05, 4.69) is 40.5 Å². The molecule has 0 atom stereocenters. The highest BCUT2D eigenvalue weighted by molar-refractivity contribution is 7.99. The van der Waals surface area contributed by atoms with Gasteiger partial charge in [0.15, 0.2) is 0 Å². The predicted octanol–water partition coefficient (Wildman–Crippen LogP) is 2.96. The third-order valence-electron chi connectivity index (χ3n) is 3.68. The van der Waals surface area contributed by atoms with Gasteiger partial charge in [-0.2, -0.15) is 0 Å². The quantitative estimate of drug-likeness (QED) is 0.514. The first-order valence-corrected chi connectivity index (χ1v) is 7.73. The number of hydrogen-bond acceptors (Lipinski definition) is 5. The van der Waals surface area contributed by atoms with Crippen LogP contribution in [-0.2, 0) is 19.3 Å². The summed E-state index contributed by atoms with van der Waals surface area (Å²) in [6.45, 7) is 2.09. The third-order valence-corrected chi connectivity index (χ3v) is 4.72. The lowest BCUT2D eigenvalue weighted by atomic mass is 10.1. The van der Waals surface area contributed by atoms with Crippen LogP contribution in [0.4, 0.5) is 5.82 Å². The molecule has 0 aliphatic heterocycles. The van der Waals surface area contributed by atoms with E-state index >= 15 is 0 Å². The first-order valence-electron chi connectivity index (χ1n) is 6.92. The Hall–Kier alpha value is -1.59. The summed E-state index contributed by atoms with van der Waals surface area (Å²) in [6, 6.07) is 6.73. The van der Waals surface area contributed by atoms with E-state index in [9.17, 15) is 0 Å². The number of anilines is 1. The van der Waals surface area contributed by atoms with Gasteiger partial charge in [-0.3, -0.25) is 0 Å². The van der Waals surface area contributed by atoms with Crippen molar-refractivity contribution in [3.63, 3.8) is 0 Å². The zero-order valence-electron chi connectivity index (χ0n) is 11.5. The van der Waals surface area contributed by atoms with Gasteiger partial charge in [0.25, 0.3) is 0 Å². The number of fused-ring (bicyclic) bond motifs is 1. The van der Waals surface area contributed by atoms with Crippen molar-refractivity contribution in [2.24, 2.45) is 5.84 Å². The minimum atomic E-state index is 0.714. The van der Waals surface area contributed by atoms with Crippen LogP contribution < -0.4 is 11.3 Å². The molecule has 4 nitrogen and oxygen atoms in total. The number of nitrogen functional groups attached to an aromatic ring is 1. The Morgan fingerprint density at radius 2 is 2.10 bits per heavy atom. The van der Waals surface area contributed by atoms with Crippen molar-refractivity contribution in [2.45, 2.75) is 42.5 Å². The Kier molecular flexibility index (Phi) is 3.89. The number of hydrogen-bond donors (Lipinski definition) is 2. The molecule has 0 saturated heterocycles. The van der Waals surface area contributed by atoms with Crippen LogP contribution >= 0.6 is 11.8 Å². The van der Waals surface area contributed by atoms with E-state index in [-0.39, 0.29) is 0 Å². The van der Waals surface area contributed by atoms with Crippen LogP contribution in [0.2, 0.25) is 0 Å². The van der Waals surface area contributed by atoms with E-state index in [0.29, 0.717) is 5.82 Å². The third kappa shape index (κ3) is 2.51. The van der Waals surface area contributed by atoms with Crippen molar-refractivity contribution in [3.8, 4) is 0 Å². The molecule has 1 aliphatic rings. The van der Waals surface area contributed by atoms with Gasteiger partial charge in [-0.1, -0.05) is 24.8 Å². The first kappa shape index (κ1) is 13.4. The summed E-state index contributed by atoms with van der Waals surface area (Å²) in [6.07, 6.45) is 6.11. The molecule has 0 radical (unpaired) electrons. The minimum absolute atomic E-state index is 0.714. The number of rotatable bonds is 4. The largest absolute Gasteiger partial charge is 0.308 e. The Labute approximate surface area is 123 Å². The summed E-state index contributed by atoms with van der Waals surface area (Å²) in [5.74, 6) is 6.23. The number of nitrogens with two attached hydrogens (primary N) is 1. The van der Waals surface area contributed by atoms with E-state index in [1.807, 2.05) is 0 Å². The van der Waals surface area contributed by atoms with Crippen molar-refractivity contribution < 1.29 is 0 Å². The molecule has 3 N–H and O–H groups in total. The van der Waals surface area contributed by atoms with Crippen LogP contribution in [0.15, 0.2) is 34.4 Å². The van der Waals surface area contributed by atoms with Crippen molar-refractivity contribution in [1.29, 1.82) is 0 Å². The Balaban J connectivity index is 1.91. The SMILES string of the molecule is CCc1c(NN)ncnc1Sc1ccc2c(c1)CCC2. The van der Waals surface area contributed by atoms with Gasteiger partial charge in [0.1, 0.15) is 17.2 Å². The number of nitrogens with zero attached hydrogens (tertiary/aromatic N) is 2. The molecule has 3 rings (SSSR count). The number of aryl methyl sites for hydroxylation is 2. The second-order valence-corrected chi connectivity index (χ2v) is 5.95. The predicted molar refractivity (Wildman–Crippen MR) is 81.8 cm³/mol. The number of hydrazine groups is 1. The standard InChI is InChI=1S/C15H18N4S/c1-2-13-14(19-16)17-9-18-15(13)20-12-7-6-10-4-3-5-11(10)8-12/h6-9H,2-5,16H2,1H3,(H,17,18,19). The van der Waals surface area contributed by atoms with E-state index in [1.165, 1.54) is 35.3 Å². The summed E-state index contributed by atoms with van der Waals surface area (Å²) in [4.78, 5) is 9.81. The van der Waals surface area contributed by atoms with Crippen molar-refractivity contribution in [1.82, 2.24) is 9.97 Å². The molecule has 1 aliphatic carbocycles. The highest BCUT2D eigenvalue weighted by atomic mass is 32.2. The summed E-state index contributed by atoms with van der Waals surface area (Å²) in [7, 11) is 0. The van der Waals surface area contributed by atoms with Gasteiger partial charge in [0.2, 0.25) is 0 Å². The maximum atomic E-state index is 5.51. The fourth-order valence-electron chi connectivity index (χ4n) is 2.65. The van der Waals surface area contributed by atoms with Gasteiger partial charge in [-0.15, -0.1) is 0 Å². The second kappa shape index (κ2) is 5.81. The van der Waals surface area contributed by atoms with Gasteiger partial charge in [0, 0.05) is 10.5 Å². The zero-order chi connectivity index (χ0) is 13.9. The smallest absolute Gasteiger partial charge is 0.147 e. The van der Waals surface area contributed by atoms with E-state index in [4.69, 9.17) is 5.84 Å². The molecule has 2 aromatic rings. The lowest BCUT2D eigenvalue weighted by molar-refractivity contribution is 0.911. The van der Waals surface area contributed by atoms with E-state index in [1.54, 1.807) is 18.1 Å². The minimum Gasteiger partial charge on any atom is -0.308 e. The van der Waals surface area contributed by atoms with Gasteiger partial charge >= 0.3 is 0 Å². The molecule has 0 fully saturated rings. The normalized spacial score (nSPS) is 13.3. The van der Waals surface area contributed by atoms with Gasteiger partial charge in [0.05, 0.1) is 0 Å². The molecule has 1 aromatic heterocycles. The molecule has 104 valence electrons. The molecule has 0 spiro atoms. The number of benzene rings is 1. The molecule has 0 unspecified atom stereocenters. The average Bonchev–Trinajstić information content (AvgIpc) is 2.94. The van der Waals surface area contributed by atoms with Crippen LogP contribution in [0.5, 0.6) is 0 Å². The summed E-state index contributed by atoms with van der Waals surface area (Å²) in [5.41, 5.74) is 6.70. The maximum Gasteiger partial charge on any atom is 0.147 e. The molecule has 1 aromatic carbocycles. The lowest BCUT2D eigenvalue weighted by Gasteiger charge is -2.11. The van der Waals surface area contributed by atoms with Gasteiger partial charge < -0.3 is 5.43 Å². The zero-order valence-corrected chi connectivity index (χ0v) is 12.3. The van der Waals surface area contributed by atoms with Gasteiger partial charge in [-0.25, -0.2) is 15.8 Å². The lowest BCUT2D eigenvalue weighted by Crippen LogP contribution is -2.12. The van der Waals surface area contributed by atoms with Crippen molar-refractivity contribution in [3.05, 3.63) is 41.2 Å². The second-order valence-electron chi connectivity index (χ2n) is 4.89. The van der Waals surface area contributed by atoms with Crippen LogP contribution in [-0.4, -0.2) is 9.97 Å². The fourth-order valence-corrected chi connectivity index (χ4v) is 3.68. The molecule has 1 heterocycles. The molecule has 5 heteroatoms. The number of nitrogens with one attached hydrogen (secondary N) is 1. The monoisotopic (exact) mass is 286 g/mol. The van der Waals surface area contributed by atoms with Crippen LogP contribution in [0.25, 0.3) is 0 Å². The molecule has 0 bridgehead atoms. The summed E-state index contributed by atoms with van der Waals surface area (Å²) < 4.78 is 0. The molecule has 20 heavy (non-hydrogen) atoms. The van der Waals surface area contributed by atoms with Gasteiger partial charge in [-0.05, 0) is 48.9 Å². The maximum absolute atomic E-state index is 5.51. The Bertz CT molecular complexity index is 627. The topological polar surface area (TPSA) is 63.8 Å². The van der Waals surface area contributed by atoms with Crippen LogP contribution in [0, 0.1) is 0 Å². The molecular weight excluding hydrogens is 268 g/mol. The van der Waals surface area contributed by atoms with E-state index < -0.39 is 0 Å². The van der Waals surface area contributed by atoms with Crippen LogP contribution in [0.1, 0.15) is 30.0 Å². The van der Waals surface area contributed by atoms with E-state index in [0.717, 1.165) is 17.0 Å². The Morgan fingerprint density at radius 1 is 1.25 bits per heavy atom. The first-order chi connectivity index (χ1) is 9.81. The van der Waals surface area contributed by atoms with Crippen molar-refractivity contribution in [2.75, 3.05) is 5.43 Å². The fraction of sp³-hybridized carbons (Fsp3) is 0.333. The highest BCUT2D eigenvalue weighted by Gasteiger charge is 2.14. The highest BCUT2D eigenvalue weighted by Crippen LogP contribution is 2.34. The molecular formula is C15H18N4S. The molecule has 0 amide bonds. The Morgan fingerprint density at radius 3 is 2.90 bits per heavy atom. The van der Waals surface area contributed by atoms with Crippen LogP contribution in [0.3, 0.4) is 0 Å². The summed E-state index contributed by atoms with van der Waals surface area (Å²) in [5, 5.41) is 0.980. The molecule has 0 saturated carbocycles.